The maximum atomic E-state index is 7.37. The topological polar surface area (TPSA) is 52.4 Å². The maximum Gasteiger partial charge on any atom is 0.159 e. The van der Waals surface area contributed by atoms with E-state index in [9.17, 15) is 0 Å². The Morgan fingerprint density at radius 3 is 0.709 bits per heavy atom. The van der Waals surface area contributed by atoms with E-state index < -0.39 is 0 Å². The lowest BCUT2D eigenvalue weighted by atomic mass is 10.1. The third-order valence-corrected chi connectivity index (χ3v) is 15.0. The van der Waals surface area contributed by atoms with Gasteiger partial charge in [0.15, 0.2) is 11.2 Å². The molecular weight excluding hydrogens is 969 g/mol. The normalized spacial score (nSPS) is 11.5. The number of benzene rings is 12. The number of anilines is 12. The van der Waals surface area contributed by atoms with Gasteiger partial charge in [0, 0.05) is 89.2 Å². The van der Waals surface area contributed by atoms with Gasteiger partial charge >= 0.3 is 0 Å². The lowest BCUT2D eigenvalue weighted by molar-refractivity contribution is 0.668. The number of fused-ring (bicyclic) bond motifs is 9. The highest BCUT2D eigenvalue weighted by molar-refractivity contribution is 6.15. The van der Waals surface area contributed by atoms with Crippen LogP contribution in [0, 0.1) is 0 Å². The summed E-state index contributed by atoms with van der Waals surface area (Å²) in [5, 5.41) is 6.09. The number of nitrogens with zero attached hydrogens (tertiary/aromatic N) is 4. The first kappa shape index (κ1) is 45.6. The van der Waals surface area contributed by atoms with Gasteiger partial charge in [-0.25, -0.2) is 0 Å². The Kier molecular flexibility index (Phi) is 11.0. The molecule has 79 heavy (non-hydrogen) atoms. The molecule has 12 aromatic carbocycles. The van der Waals surface area contributed by atoms with Crippen LogP contribution in [0.4, 0.5) is 68.2 Å². The van der Waals surface area contributed by atoms with Gasteiger partial charge in [-0.1, -0.05) is 133 Å². The van der Waals surface area contributed by atoms with Gasteiger partial charge < -0.3 is 32.9 Å². The average molecular weight is 1020 g/mol. The van der Waals surface area contributed by atoms with Crippen LogP contribution in [0.1, 0.15) is 0 Å². The van der Waals surface area contributed by atoms with E-state index in [1.165, 1.54) is 0 Å². The van der Waals surface area contributed by atoms with E-state index in [2.05, 4.69) is 311 Å². The summed E-state index contributed by atoms with van der Waals surface area (Å²) in [5.41, 5.74) is 16.9. The van der Waals surface area contributed by atoms with Gasteiger partial charge in [0.1, 0.15) is 22.3 Å². The second-order valence-electron chi connectivity index (χ2n) is 19.7. The molecule has 7 nitrogen and oxygen atoms in total. The Morgan fingerprint density at radius 1 is 0.177 bits per heavy atom. The molecule has 0 fully saturated rings. The highest BCUT2D eigenvalue weighted by Crippen LogP contribution is 2.49. The summed E-state index contributed by atoms with van der Waals surface area (Å²) in [7, 11) is 0. The van der Waals surface area contributed by atoms with Crippen molar-refractivity contribution >= 4 is 134 Å². The lowest BCUT2D eigenvalue weighted by Crippen LogP contribution is -2.10. The summed E-state index contributed by atoms with van der Waals surface area (Å²) in [5.74, 6) is 0. The van der Waals surface area contributed by atoms with Crippen molar-refractivity contribution in [2.24, 2.45) is 0 Å². The minimum absolute atomic E-state index is 0.771. The highest BCUT2D eigenvalue weighted by Gasteiger charge is 2.25. The molecule has 0 N–H and O–H groups in total. The fourth-order valence-corrected chi connectivity index (χ4v) is 11.4. The molecule has 0 bridgehead atoms. The van der Waals surface area contributed by atoms with Crippen LogP contribution in [0.3, 0.4) is 0 Å². The number of rotatable bonds is 12. The molecule has 7 heteroatoms. The van der Waals surface area contributed by atoms with E-state index in [1.807, 2.05) is 0 Å². The Balaban J connectivity index is 0.873. The van der Waals surface area contributed by atoms with E-state index in [4.69, 9.17) is 13.3 Å². The first-order valence-corrected chi connectivity index (χ1v) is 26.6. The predicted octanol–water partition coefficient (Wildman–Crippen LogP) is 21.3. The second kappa shape index (κ2) is 19.1. The van der Waals surface area contributed by atoms with Crippen LogP contribution >= 0.6 is 0 Å². The van der Waals surface area contributed by atoms with Crippen molar-refractivity contribution in [3.05, 3.63) is 291 Å². The average Bonchev–Trinajstić information content (AvgIpc) is 4.43. The first-order chi connectivity index (χ1) is 39.2. The highest BCUT2D eigenvalue weighted by atomic mass is 16.3. The summed E-state index contributed by atoms with van der Waals surface area (Å²) < 4.78 is 20.5. The van der Waals surface area contributed by atoms with Crippen molar-refractivity contribution in [2.45, 2.75) is 0 Å². The molecule has 15 aromatic rings. The number of hydrogen-bond donors (Lipinski definition) is 0. The van der Waals surface area contributed by atoms with Crippen molar-refractivity contribution in [3.8, 4) is 0 Å². The Bertz CT molecular complexity index is 4300. The molecule has 3 heterocycles. The van der Waals surface area contributed by atoms with Crippen LogP contribution in [-0.4, -0.2) is 0 Å². The summed E-state index contributed by atoms with van der Waals surface area (Å²) in [4.78, 5) is 9.16. The van der Waals surface area contributed by atoms with Gasteiger partial charge in [-0.15, -0.1) is 0 Å². The molecule has 0 saturated heterocycles. The van der Waals surface area contributed by atoms with Gasteiger partial charge in [0.05, 0.1) is 11.4 Å². The molecule has 0 aliphatic heterocycles. The number of furan rings is 3. The quantitative estimate of drug-likeness (QED) is 0.121. The standard InChI is InChI=1S/C72H48N4O3/c1-7-21-49(22-8-1)73(50-23-9-2-10-24-50)55-37-41-67-61(45-55)63-47-57(39-43-69(63)77-67)75(53-29-15-5-16-30-53)65-35-19-33-59-60-34-20-36-66(72(60)79-71(59)65)76(54-31-17-6-18-32-54)58-40-44-70-64(48-58)62-46-56(38-42-68(62)78-70)74(51-25-11-3-12-26-51)52-27-13-4-14-28-52/h1-48H. The summed E-state index contributed by atoms with van der Waals surface area (Å²) in [6, 6.07) is 102. The van der Waals surface area contributed by atoms with Gasteiger partial charge in [-0.05, 0) is 158 Å². The Labute approximate surface area is 455 Å². The molecule has 0 radical (unpaired) electrons. The van der Waals surface area contributed by atoms with Crippen LogP contribution in [0.5, 0.6) is 0 Å². The van der Waals surface area contributed by atoms with Crippen molar-refractivity contribution in [2.75, 3.05) is 19.6 Å². The van der Waals surface area contributed by atoms with Gasteiger partial charge in [0.2, 0.25) is 0 Å². The van der Waals surface area contributed by atoms with E-state index in [0.29, 0.717) is 0 Å². The molecule has 0 unspecified atom stereocenters. The van der Waals surface area contributed by atoms with Crippen LogP contribution in [0.15, 0.2) is 304 Å². The van der Waals surface area contributed by atoms with Crippen molar-refractivity contribution < 1.29 is 13.3 Å². The molecule has 3 aromatic heterocycles. The molecule has 0 aliphatic rings. The minimum atomic E-state index is 0.771. The summed E-state index contributed by atoms with van der Waals surface area (Å²) >= 11 is 0. The Morgan fingerprint density at radius 2 is 0.430 bits per heavy atom. The van der Waals surface area contributed by atoms with Gasteiger partial charge in [-0.3, -0.25) is 0 Å². The van der Waals surface area contributed by atoms with Crippen molar-refractivity contribution in [1.29, 1.82) is 0 Å². The van der Waals surface area contributed by atoms with Crippen LogP contribution in [-0.2, 0) is 0 Å². The van der Waals surface area contributed by atoms with E-state index in [1.54, 1.807) is 0 Å². The van der Waals surface area contributed by atoms with Crippen molar-refractivity contribution in [3.63, 3.8) is 0 Å². The monoisotopic (exact) mass is 1020 g/mol. The largest absolute Gasteiger partial charge is 0.456 e. The van der Waals surface area contributed by atoms with Gasteiger partial charge in [-0.2, -0.15) is 0 Å². The number of para-hydroxylation sites is 8. The fraction of sp³-hybridized carbons (Fsp3) is 0. The number of hydrogen-bond acceptors (Lipinski definition) is 7. The molecule has 0 aliphatic carbocycles. The van der Waals surface area contributed by atoms with Crippen LogP contribution in [0.25, 0.3) is 65.8 Å². The molecular formula is C72H48N4O3. The third kappa shape index (κ3) is 7.99. The zero-order valence-corrected chi connectivity index (χ0v) is 42.7. The van der Waals surface area contributed by atoms with E-state index in [0.717, 1.165) is 134 Å². The molecule has 0 amide bonds. The van der Waals surface area contributed by atoms with Crippen LogP contribution < -0.4 is 19.6 Å². The summed E-state index contributed by atoms with van der Waals surface area (Å²) in [6.45, 7) is 0. The molecule has 0 atom stereocenters. The smallest absolute Gasteiger partial charge is 0.159 e. The van der Waals surface area contributed by atoms with E-state index >= 15 is 0 Å². The second-order valence-corrected chi connectivity index (χ2v) is 19.7. The van der Waals surface area contributed by atoms with E-state index in [-0.39, 0.29) is 0 Å². The van der Waals surface area contributed by atoms with Crippen molar-refractivity contribution in [1.82, 2.24) is 0 Å². The summed E-state index contributed by atoms with van der Waals surface area (Å²) in [6.07, 6.45) is 0. The van der Waals surface area contributed by atoms with Gasteiger partial charge in [0.25, 0.3) is 0 Å². The third-order valence-electron chi connectivity index (χ3n) is 15.0. The Hall–Kier alpha value is -10.8. The predicted molar refractivity (Wildman–Crippen MR) is 327 cm³/mol. The molecule has 0 saturated carbocycles. The molecule has 374 valence electrons. The first-order valence-electron chi connectivity index (χ1n) is 26.6. The zero-order valence-electron chi connectivity index (χ0n) is 42.7. The fourth-order valence-electron chi connectivity index (χ4n) is 11.4. The minimum Gasteiger partial charge on any atom is -0.456 e. The maximum absolute atomic E-state index is 7.37. The molecule has 0 spiro atoms. The lowest BCUT2D eigenvalue weighted by Gasteiger charge is -2.26. The SMILES string of the molecule is c1ccc(N(c2ccccc2)c2ccc3oc4ccc(N(c5ccccc5)c5cccc6c5oc5c(N(c7ccccc7)c7ccc8oc9ccc(N(c%10ccccc%10)c%10ccccc%10)cc9c8c7)cccc56)cc4c3c2)cc1. The van der Waals surface area contributed by atoms with Crippen LogP contribution in [0.2, 0.25) is 0 Å². The molecule has 15 rings (SSSR count). The zero-order chi connectivity index (χ0) is 52.2.